The molecular formula is C15H16N2O3. The van der Waals surface area contributed by atoms with Crippen molar-refractivity contribution < 1.29 is 14.6 Å². The lowest BCUT2D eigenvalue weighted by Gasteiger charge is -2.28. The van der Waals surface area contributed by atoms with Crippen LogP contribution in [-0.4, -0.2) is 34.3 Å². The topological polar surface area (TPSA) is 72.3 Å². The molecule has 0 saturated carbocycles. The van der Waals surface area contributed by atoms with E-state index in [4.69, 9.17) is 9.84 Å². The predicted octanol–water partition coefficient (Wildman–Crippen LogP) is 1.32. The van der Waals surface area contributed by atoms with Crippen LogP contribution in [0, 0.1) is 0 Å². The molecule has 104 valence electrons. The minimum atomic E-state index is -0.957. The number of nitrogens with zero attached hydrogens (tertiary/aromatic N) is 2. The second-order valence-corrected chi connectivity index (χ2v) is 4.46. The molecule has 0 unspecified atom stereocenters. The van der Waals surface area contributed by atoms with Gasteiger partial charge in [0.1, 0.15) is 12.0 Å². The fraction of sp³-hybridized carbons (Fsp3) is 0.267. The number of pyridine rings is 2. The van der Waals surface area contributed by atoms with Gasteiger partial charge in [0.25, 0.3) is 0 Å². The number of carbonyl (C=O) groups is 1. The summed E-state index contributed by atoms with van der Waals surface area (Å²) in [6.07, 6.45) is 6.53. The van der Waals surface area contributed by atoms with Crippen molar-refractivity contribution in [3.63, 3.8) is 0 Å². The zero-order valence-corrected chi connectivity index (χ0v) is 11.2. The van der Waals surface area contributed by atoms with E-state index >= 15 is 0 Å². The third-order valence-corrected chi connectivity index (χ3v) is 3.25. The minimum absolute atomic E-state index is 0.0232. The number of carbonyl (C=O) groups excluding carboxylic acids is 1. The Morgan fingerprint density at radius 3 is 1.95 bits per heavy atom. The zero-order chi connectivity index (χ0) is 14.4. The number of aromatic nitrogens is 2. The van der Waals surface area contributed by atoms with Gasteiger partial charge in [0, 0.05) is 24.8 Å². The predicted molar refractivity (Wildman–Crippen MR) is 73.0 cm³/mol. The van der Waals surface area contributed by atoms with Crippen molar-refractivity contribution in [2.75, 3.05) is 13.2 Å². The van der Waals surface area contributed by atoms with Crippen LogP contribution >= 0.6 is 0 Å². The summed E-state index contributed by atoms with van der Waals surface area (Å²) < 4.78 is 5.14. The quantitative estimate of drug-likeness (QED) is 0.831. The van der Waals surface area contributed by atoms with Crippen molar-refractivity contribution in [1.82, 2.24) is 9.97 Å². The first kappa shape index (κ1) is 14.1. The molecule has 0 atom stereocenters. The molecular weight excluding hydrogens is 256 g/mol. The van der Waals surface area contributed by atoms with Gasteiger partial charge in [0.2, 0.25) is 0 Å². The van der Waals surface area contributed by atoms with E-state index in [1.807, 2.05) is 0 Å². The number of aliphatic hydroxyl groups is 1. The molecule has 0 fully saturated rings. The third kappa shape index (κ3) is 2.67. The minimum Gasteiger partial charge on any atom is -0.462 e. The molecule has 2 heterocycles. The van der Waals surface area contributed by atoms with Gasteiger partial charge in [-0.1, -0.05) is 0 Å². The summed E-state index contributed by atoms with van der Waals surface area (Å²) in [7, 11) is 0. The largest absolute Gasteiger partial charge is 0.462 e. The molecule has 0 bridgehead atoms. The molecule has 20 heavy (non-hydrogen) atoms. The van der Waals surface area contributed by atoms with Crippen LogP contribution < -0.4 is 0 Å². The molecule has 2 aromatic rings. The van der Waals surface area contributed by atoms with Gasteiger partial charge in [-0.2, -0.15) is 0 Å². The zero-order valence-electron chi connectivity index (χ0n) is 11.2. The molecule has 0 aromatic carbocycles. The average molecular weight is 272 g/mol. The Kier molecular flexibility index (Phi) is 4.42. The monoisotopic (exact) mass is 272 g/mol. The van der Waals surface area contributed by atoms with Gasteiger partial charge in [-0.05, 0) is 42.3 Å². The molecule has 0 aliphatic carbocycles. The van der Waals surface area contributed by atoms with Crippen LogP contribution in [0.25, 0.3) is 0 Å². The fourth-order valence-corrected chi connectivity index (χ4v) is 2.06. The van der Waals surface area contributed by atoms with E-state index < -0.39 is 11.4 Å². The highest BCUT2D eigenvalue weighted by molar-refractivity contribution is 5.87. The Morgan fingerprint density at radius 1 is 1.10 bits per heavy atom. The van der Waals surface area contributed by atoms with Gasteiger partial charge >= 0.3 is 5.97 Å². The first-order chi connectivity index (χ1) is 9.69. The Bertz CT molecular complexity index is 518. The summed E-state index contributed by atoms with van der Waals surface area (Å²) in [5.41, 5.74) is 0.601. The van der Waals surface area contributed by atoms with Gasteiger partial charge in [-0.3, -0.25) is 14.8 Å². The van der Waals surface area contributed by atoms with Crippen LogP contribution in [0.3, 0.4) is 0 Å². The highest BCUT2D eigenvalue weighted by atomic mass is 16.5. The Hall–Kier alpha value is -2.27. The standard InChI is InChI=1S/C15H16N2O3/c1-15(14(19)20-11-10-18,12-2-6-16-7-3-12)13-4-8-17-9-5-13/h2-9,18H,10-11H2,1H3. The van der Waals surface area contributed by atoms with Gasteiger partial charge in [0.05, 0.1) is 6.61 Å². The molecule has 0 spiro atoms. The van der Waals surface area contributed by atoms with Gasteiger partial charge in [0.15, 0.2) is 0 Å². The fourth-order valence-electron chi connectivity index (χ4n) is 2.06. The summed E-state index contributed by atoms with van der Waals surface area (Å²) >= 11 is 0. The molecule has 0 saturated heterocycles. The number of hydrogen-bond donors (Lipinski definition) is 1. The molecule has 2 rings (SSSR count). The second kappa shape index (κ2) is 6.25. The van der Waals surface area contributed by atoms with E-state index in [1.165, 1.54) is 0 Å². The lowest BCUT2D eigenvalue weighted by molar-refractivity contribution is -0.149. The SMILES string of the molecule is CC(C(=O)OCCO)(c1ccncc1)c1ccncc1. The van der Waals surface area contributed by atoms with Crippen molar-refractivity contribution >= 4 is 5.97 Å². The van der Waals surface area contributed by atoms with Crippen LogP contribution in [0.4, 0.5) is 0 Å². The lowest BCUT2D eigenvalue weighted by atomic mass is 9.77. The van der Waals surface area contributed by atoms with E-state index in [0.717, 1.165) is 11.1 Å². The van der Waals surface area contributed by atoms with Crippen LogP contribution in [0.5, 0.6) is 0 Å². The number of hydrogen-bond acceptors (Lipinski definition) is 5. The molecule has 5 heteroatoms. The van der Waals surface area contributed by atoms with Gasteiger partial charge in [-0.15, -0.1) is 0 Å². The molecule has 5 nitrogen and oxygen atoms in total. The number of rotatable bonds is 5. The van der Waals surface area contributed by atoms with Crippen LogP contribution in [0.15, 0.2) is 49.1 Å². The van der Waals surface area contributed by atoms with E-state index in [1.54, 1.807) is 56.0 Å². The number of esters is 1. The molecule has 2 aromatic heterocycles. The summed E-state index contributed by atoms with van der Waals surface area (Å²) in [5.74, 6) is -0.413. The lowest BCUT2D eigenvalue weighted by Crippen LogP contribution is -2.36. The molecule has 0 aliphatic heterocycles. The van der Waals surface area contributed by atoms with Crippen molar-refractivity contribution in [3.8, 4) is 0 Å². The van der Waals surface area contributed by atoms with Crippen LogP contribution in [0.2, 0.25) is 0 Å². The molecule has 0 radical (unpaired) electrons. The van der Waals surface area contributed by atoms with Crippen molar-refractivity contribution in [2.45, 2.75) is 12.3 Å². The Morgan fingerprint density at radius 2 is 1.55 bits per heavy atom. The summed E-state index contributed by atoms with van der Waals surface area (Å²) in [4.78, 5) is 20.4. The maximum Gasteiger partial charge on any atom is 0.320 e. The average Bonchev–Trinajstić information content (AvgIpc) is 2.53. The second-order valence-electron chi connectivity index (χ2n) is 4.46. The Balaban J connectivity index is 2.46. The van der Waals surface area contributed by atoms with Gasteiger partial charge < -0.3 is 9.84 Å². The highest BCUT2D eigenvalue weighted by Crippen LogP contribution is 2.32. The van der Waals surface area contributed by atoms with Crippen molar-refractivity contribution in [1.29, 1.82) is 0 Å². The number of aliphatic hydroxyl groups excluding tert-OH is 1. The van der Waals surface area contributed by atoms with Crippen LogP contribution in [0.1, 0.15) is 18.1 Å². The molecule has 0 amide bonds. The third-order valence-electron chi connectivity index (χ3n) is 3.25. The van der Waals surface area contributed by atoms with Crippen LogP contribution in [-0.2, 0) is 14.9 Å². The van der Waals surface area contributed by atoms with Crippen molar-refractivity contribution in [3.05, 3.63) is 60.2 Å². The van der Waals surface area contributed by atoms with E-state index in [0.29, 0.717) is 0 Å². The normalized spacial score (nSPS) is 11.1. The van der Waals surface area contributed by atoms with Crippen molar-refractivity contribution in [2.24, 2.45) is 0 Å². The maximum atomic E-state index is 12.5. The summed E-state index contributed by atoms with van der Waals surface area (Å²) in [6, 6.07) is 7.11. The van der Waals surface area contributed by atoms with E-state index in [2.05, 4.69) is 9.97 Å². The number of ether oxygens (including phenoxy) is 1. The maximum absolute atomic E-state index is 12.5. The smallest absolute Gasteiger partial charge is 0.320 e. The van der Waals surface area contributed by atoms with E-state index in [-0.39, 0.29) is 13.2 Å². The Labute approximate surface area is 117 Å². The summed E-state index contributed by atoms with van der Waals surface area (Å²) in [5, 5.41) is 8.82. The summed E-state index contributed by atoms with van der Waals surface area (Å²) in [6.45, 7) is 1.57. The first-order valence-corrected chi connectivity index (χ1v) is 6.28. The molecule has 0 aliphatic rings. The van der Waals surface area contributed by atoms with E-state index in [9.17, 15) is 4.79 Å². The van der Waals surface area contributed by atoms with Gasteiger partial charge in [-0.25, -0.2) is 0 Å². The molecule has 1 N–H and O–H groups in total. The first-order valence-electron chi connectivity index (χ1n) is 6.28. The highest BCUT2D eigenvalue weighted by Gasteiger charge is 2.38.